The number of anilines is 1. The molecule has 0 aromatic carbocycles. The number of carbonyl (C=O) groups is 2. The van der Waals surface area contributed by atoms with Crippen LogP contribution < -0.4 is 5.32 Å². The molecule has 1 aromatic rings. The Morgan fingerprint density at radius 3 is 2.75 bits per heavy atom. The van der Waals surface area contributed by atoms with Crippen molar-refractivity contribution >= 4 is 28.3 Å². The minimum Gasteiger partial charge on any atom is -0.478 e. The Kier molecular flexibility index (Phi) is 4.65. The number of carbonyl (C=O) groups excluding carboxylic acids is 1. The van der Waals surface area contributed by atoms with E-state index in [2.05, 4.69) is 12.2 Å². The van der Waals surface area contributed by atoms with Gasteiger partial charge in [-0.3, -0.25) is 5.32 Å². The normalized spacial score (nSPS) is 22.3. The molecule has 0 radical (unpaired) electrons. The maximum atomic E-state index is 12.3. The fourth-order valence-corrected chi connectivity index (χ4v) is 3.55. The molecule has 20 heavy (non-hydrogen) atoms. The summed E-state index contributed by atoms with van der Waals surface area (Å²) in [6.45, 7) is 2.17. The van der Waals surface area contributed by atoms with Gasteiger partial charge in [-0.1, -0.05) is 19.8 Å². The first kappa shape index (κ1) is 14.8. The van der Waals surface area contributed by atoms with E-state index in [-0.39, 0.29) is 17.6 Å². The summed E-state index contributed by atoms with van der Waals surface area (Å²) in [6.07, 6.45) is 4.52. The van der Waals surface area contributed by atoms with Gasteiger partial charge < -0.3 is 10.0 Å². The van der Waals surface area contributed by atoms with E-state index in [1.165, 1.54) is 23.8 Å². The summed E-state index contributed by atoms with van der Waals surface area (Å²) in [6, 6.07) is 1.51. The number of hydrogen-bond donors (Lipinski definition) is 2. The summed E-state index contributed by atoms with van der Waals surface area (Å²) in [5.74, 6) is -0.531. The second-order valence-corrected chi connectivity index (χ2v) is 6.25. The summed E-state index contributed by atoms with van der Waals surface area (Å²) < 4.78 is 0. The summed E-state index contributed by atoms with van der Waals surface area (Å²) in [5.41, 5.74) is 0.147. The Bertz CT molecular complexity index is 500. The van der Waals surface area contributed by atoms with E-state index in [1.807, 2.05) is 0 Å². The van der Waals surface area contributed by atoms with Crippen LogP contribution in [0.2, 0.25) is 0 Å². The van der Waals surface area contributed by atoms with E-state index >= 15 is 0 Å². The zero-order valence-corrected chi connectivity index (χ0v) is 12.6. The maximum absolute atomic E-state index is 12.3. The molecule has 1 fully saturated rings. The average Bonchev–Trinajstić information content (AvgIpc) is 2.86. The summed E-state index contributed by atoms with van der Waals surface area (Å²) >= 11 is 1.23. The van der Waals surface area contributed by atoms with Gasteiger partial charge in [0, 0.05) is 13.1 Å². The first-order chi connectivity index (χ1) is 9.50. The van der Waals surface area contributed by atoms with E-state index in [0.29, 0.717) is 10.9 Å². The number of hydrogen-bond acceptors (Lipinski definition) is 3. The van der Waals surface area contributed by atoms with Gasteiger partial charge in [0.2, 0.25) is 0 Å². The highest BCUT2D eigenvalue weighted by atomic mass is 32.1. The van der Waals surface area contributed by atoms with Crippen LogP contribution in [-0.2, 0) is 0 Å². The van der Waals surface area contributed by atoms with Gasteiger partial charge in [-0.2, -0.15) is 0 Å². The quantitative estimate of drug-likeness (QED) is 0.897. The van der Waals surface area contributed by atoms with Crippen LogP contribution in [0.1, 0.15) is 43.0 Å². The largest absolute Gasteiger partial charge is 0.478 e. The average molecular weight is 296 g/mol. The zero-order chi connectivity index (χ0) is 14.7. The summed E-state index contributed by atoms with van der Waals surface area (Å²) in [5, 5.41) is 13.8. The number of carboxylic acids is 1. The molecule has 0 bridgehead atoms. The molecule has 2 rings (SSSR count). The molecule has 0 saturated heterocycles. The first-order valence-electron chi connectivity index (χ1n) is 6.85. The Morgan fingerprint density at radius 1 is 1.40 bits per heavy atom. The zero-order valence-electron chi connectivity index (χ0n) is 11.8. The molecule has 1 aliphatic rings. The van der Waals surface area contributed by atoms with Crippen molar-refractivity contribution in [2.24, 2.45) is 5.92 Å². The first-order valence-corrected chi connectivity index (χ1v) is 7.73. The van der Waals surface area contributed by atoms with Crippen molar-refractivity contribution in [2.75, 3.05) is 12.4 Å². The van der Waals surface area contributed by atoms with Crippen LogP contribution >= 0.6 is 11.3 Å². The third kappa shape index (κ3) is 3.12. The van der Waals surface area contributed by atoms with Crippen LogP contribution in [0.5, 0.6) is 0 Å². The number of nitrogens with zero attached hydrogens (tertiary/aromatic N) is 1. The van der Waals surface area contributed by atoms with Gasteiger partial charge in [-0.05, 0) is 30.2 Å². The minimum atomic E-state index is -1.02. The number of thiophene rings is 1. The van der Waals surface area contributed by atoms with Gasteiger partial charge in [0.25, 0.3) is 0 Å². The van der Waals surface area contributed by atoms with Gasteiger partial charge in [-0.15, -0.1) is 11.3 Å². The van der Waals surface area contributed by atoms with Gasteiger partial charge in [0.1, 0.15) is 5.00 Å². The molecule has 2 atom stereocenters. The molecular formula is C14H20N2O3S. The van der Waals surface area contributed by atoms with Crippen LogP contribution in [0, 0.1) is 5.92 Å². The van der Waals surface area contributed by atoms with E-state index in [1.54, 1.807) is 17.3 Å². The molecule has 110 valence electrons. The van der Waals surface area contributed by atoms with Crippen LogP contribution in [0.3, 0.4) is 0 Å². The topological polar surface area (TPSA) is 69.6 Å². The second-order valence-electron chi connectivity index (χ2n) is 5.34. The van der Waals surface area contributed by atoms with Crippen LogP contribution in [0.4, 0.5) is 9.80 Å². The maximum Gasteiger partial charge on any atom is 0.338 e. The van der Waals surface area contributed by atoms with Crippen molar-refractivity contribution in [1.82, 2.24) is 4.90 Å². The van der Waals surface area contributed by atoms with E-state index < -0.39 is 5.97 Å². The van der Waals surface area contributed by atoms with E-state index in [9.17, 15) is 9.59 Å². The summed E-state index contributed by atoms with van der Waals surface area (Å²) in [4.78, 5) is 25.0. The fourth-order valence-electron chi connectivity index (χ4n) is 2.78. The number of urea groups is 1. The molecule has 1 aliphatic carbocycles. The van der Waals surface area contributed by atoms with Crippen molar-refractivity contribution in [1.29, 1.82) is 0 Å². The number of carboxylic acid groups (broad SMARTS) is 1. The van der Waals surface area contributed by atoms with Crippen molar-refractivity contribution in [3.63, 3.8) is 0 Å². The van der Waals surface area contributed by atoms with Crippen molar-refractivity contribution in [3.8, 4) is 0 Å². The summed E-state index contributed by atoms with van der Waals surface area (Å²) in [7, 11) is 1.79. The highest BCUT2D eigenvalue weighted by Gasteiger charge is 2.28. The molecule has 1 heterocycles. The van der Waals surface area contributed by atoms with Gasteiger partial charge in [0.15, 0.2) is 0 Å². The Labute approximate surface area is 122 Å². The lowest BCUT2D eigenvalue weighted by molar-refractivity contribution is 0.0698. The smallest absolute Gasteiger partial charge is 0.338 e. The Balaban J connectivity index is 2.03. The lowest BCUT2D eigenvalue weighted by Crippen LogP contribution is -2.44. The lowest BCUT2D eigenvalue weighted by atomic mass is 9.85. The molecule has 1 saturated carbocycles. The Morgan fingerprint density at radius 2 is 2.10 bits per heavy atom. The van der Waals surface area contributed by atoms with E-state index in [0.717, 1.165) is 19.3 Å². The molecular weight excluding hydrogens is 276 g/mol. The standard InChI is InChI=1S/C14H20N2O3S/c1-9-5-3-4-6-11(9)16(2)14(19)15-12-10(13(17)18)7-8-20-12/h7-9,11H,3-6H2,1-2H3,(H,15,19)(H,17,18). The van der Waals surface area contributed by atoms with Crippen LogP contribution in [-0.4, -0.2) is 35.1 Å². The molecule has 1 aromatic heterocycles. The number of amides is 2. The van der Waals surface area contributed by atoms with Crippen molar-refractivity contribution in [2.45, 2.75) is 38.6 Å². The van der Waals surface area contributed by atoms with Crippen molar-refractivity contribution in [3.05, 3.63) is 17.0 Å². The highest BCUT2D eigenvalue weighted by molar-refractivity contribution is 7.14. The predicted molar refractivity (Wildman–Crippen MR) is 79.5 cm³/mol. The molecule has 0 aliphatic heterocycles. The van der Waals surface area contributed by atoms with Gasteiger partial charge >= 0.3 is 12.0 Å². The number of nitrogens with one attached hydrogen (secondary N) is 1. The van der Waals surface area contributed by atoms with Gasteiger partial charge in [-0.25, -0.2) is 9.59 Å². The fraction of sp³-hybridized carbons (Fsp3) is 0.571. The molecule has 2 amide bonds. The predicted octanol–water partition coefficient (Wildman–Crippen LogP) is 3.49. The highest BCUT2D eigenvalue weighted by Crippen LogP contribution is 2.29. The van der Waals surface area contributed by atoms with E-state index in [4.69, 9.17) is 5.11 Å². The minimum absolute atomic E-state index is 0.147. The molecule has 2 unspecified atom stereocenters. The Hall–Kier alpha value is -1.56. The second kappa shape index (κ2) is 6.26. The monoisotopic (exact) mass is 296 g/mol. The third-order valence-corrected chi connectivity index (χ3v) is 4.83. The van der Waals surface area contributed by atoms with Crippen molar-refractivity contribution < 1.29 is 14.7 Å². The molecule has 5 nitrogen and oxygen atoms in total. The lowest BCUT2D eigenvalue weighted by Gasteiger charge is -2.36. The molecule has 0 spiro atoms. The van der Waals surface area contributed by atoms with Crippen LogP contribution in [0.25, 0.3) is 0 Å². The third-order valence-electron chi connectivity index (χ3n) is 4.00. The van der Waals surface area contributed by atoms with Crippen LogP contribution in [0.15, 0.2) is 11.4 Å². The number of aromatic carboxylic acids is 1. The number of rotatable bonds is 3. The molecule has 2 N–H and O–H groups in total. The molecule has 6 heteroatoms. The van der Waals surface area contributed by atoms with Gasteiger partial charge in [0.05, 0.1) is 5.56 Å². The SMILES string of the molecule is CC1CCCCC1N(C)C(=O)Nc1sccc1C(=O)O.